The van der Waals surface area contributed by atoms with Crippen LogP contribution in [0, 0.1) is 0 Å². The van der Waals surface area contributed by atoms with Crippen LogP contribution in [0.3, 0.4) is 0 Å². The fourth-order valence-electron chi connectivity index (χ4n) is 2.78. The van der Waals surface area contributed by atoms with Crippen LogP contribution in [0.1, 0.15) is 124 Å². The number of ketones is 2. The average molecular weight is 553 g/mol. The lowest BCUT2D eigenvalue weighted by Gasteiger charge is -2.02. The molecule has 0 aromatic carbocycles. The molecule has 0 aliphatic rings. The first-order valence-corrected chi connectivity index (χ1v) is 13.4. The molecule has 6 N–H and O–H groups in total. The van der Waals surface area contributed by atoms with Gasteiger partial charge in [0.05, 0.1) is 13.2 Å². The third-order valence-electron chi connectivity index (χ3n) is 4.72. The van der Waals surface area contributed by atoms with Crippen molar-refractivity contribution in [3.05, 3.63) is 0 Å². The molecule has 0 radical (unpaired) electrons. The van der Waals surface area contributed by atoms with Crippen molar-refractivity contribution in [1.82, 2.24) is 0 Å². The number of hydrogen-bond acceptors (Lipinski definition) is 8. The Labute approximate surface area is 227 Å². The zero-order valence-corrected chi connectivity index (χ0v) is 23.5. The molecule has 0 saturated heterocycles. The molecule has 38 heavy (non-hydrogen) atoms. The van der Waals surface area contributed by atoms with Gasteiger partial charge in [0.1, 0.15) is 30.5 Å². The first-order chi connectivity index (χ1) is 17.8. The molecule has 0 rings (SSSR count). The molecule has 11 heteroatoms. The van der Waals surface area contributed by atoms with Gasteiger partial charge in [-0.15, -0.1) is 0 Å². The highest BCUT2D eigenvalue weighted by Gasteiger charge is 1.99. The number of aliphatic hydroxyl groups is 3. The minimum Gasteiger partial charge on any atom is -0.481 e. The van der Waals surface area contributed by atoms with Crippen LogP contribution in [0.5, 0.6) is 0 Å². The van der Waals surface area contributed by atoms with Crippen LogP contribution >= 0.6 is 0 Å². The van der Waals surface area contributed by atoms with Gasteiger partial charge in [0.2, 0.25) is 0 Å². The monoisotopic (exact) mass is 552 g/mol. The van der Waals surface area contributed by atoms with Crippen molar-refractivity contribution in [2.75, 3.05) is 13.2 Å². The van der Waals surface area contributed by atoms with E-state index in [-0.39, 0.29) is 37.6 Å². The normalized spacial score (nSPS) is 9.66. The summed E-state index contributed by atoms with van der Waals surface area (Å²) >= 11 is 0. The summed E-state index contributed by atoms with van der Waals surface area (Å²) in [6, 6.07) is 0. The summed E-state index contributed by atoms with van der Waals surface area (Å²) in [6.45, 7) is 4.02. The van der Waals surface area contributed by atoms with Crippen LogP contribution in [-0.2, 0) is 24.0 Å². The molecule has 0 heterocycles. The molecular formula is C27H52O11. The number of carboxylic acids is 3. The molecule has 0 fully saturated rings. The summed E-state index contributed by atoms with van der Waals surface area (Å²) in [5.41, 5.74) is 0. The number of hydrogen-bond donors (Lipinski definition) is 6. The zero-order valence-electron chi connectivity index (χ0n) is 23.5. The van der Waals surface area contributed by atoms with Crippen molar-refractivity contribution < 1.29 is 54.6 Å². The van der Waals surface area contributed by atoms with Crippen molar-refractivity contribution in [3.63, 3.8) is 0 Å². The van der Waals surface area contributed by atoms with Crippen molar-refractivity contribution in [2.24, 2.45) is 0 Å². The summed E-state index contributed by atoms with van der Waals surface area (Å²) < 4.78 is 0. The Morgan fingerprint density at radius 3 is 0.974 bits per heavy atom. The lowest BCUT2D eigenvalue weighted by atomic mass is 10.0. The predicted molar refractivity (Wildman–Crippen MR) is 144 cm³/mol. The molecule has 226 valence electrons. The Kier molecular flexibility index (Phi) is 38.9. The maximum Gasteiger partial charge on any atom is 0.310 e. The molecule has 0 spiro atoms. The molecule has 0 amide bonds. The lowest BCUT2D eigenvalue weighted by Crippen LogP contribution is -2.15. The largest absolute Gasteiger partial charge is 0.481 e. The van der Waals surface area contributed by atoms with Gasteiger partial charge >= 0.3 is 17.9 Å². The summed E-state index contributed by atoms with van der Waals surface area (Å²) in [4.78, 5) is 49.2. The van der Waals surface area contributed by atoms with Gasteiger partial charge in [0.15, 0.2) is 0 Å². The highest BCUT2D eigenvalue weighted by atomic mass is 16.4. The van der Waals surface area contributed by atoms with Crippen molar-refractivity contribution in [2.45, 2.75) is 130 Å². The molecular weight excluding hydrogens is 500 g/mol. The Morgan fingerprint density at radius 1 is 0.526 bits per heavy atom. The van der Waals surface area contributed by atoms with Crippen LogP contribution in [0.15, 0.2) is 0 Å². The molecule has 0 aliphatic heterocycles. The number of rotatable bonds is 20. The maximum atomic E-state index is 10.3. The van der Waals surface area contributed by atoms with E-state index in [0.717, 1.165) is 12.8 Å². The van der Waals surface area contributed by atoms with Crippen LogP contribution < -0.4 is 0 Å². The number of carbonyl (C=O) groups excluding carboxylic acids is 2. The topological polar surface area (TPSA) is 207 Å². The van der Waals surface area contributed by atoms with Gasteiger partial charge in [-0.25, -0.2) is 0 Å². The number of unbranched alkanes of at least 4 members (excludes halogenated alkanes) is 12. The molecule has 0 aromatic heterocycles. The fourth-order valence-corrected chi connectivity index (χ4v) is 2.78. The van der Waals surface area contributed by atoms with Gasteiger partial charge < -0.3 is 30.6 Å². The van der Waals surface area contributed by atoms with Crippen molar-refractivity contribution in [1.29, 1.82) is 0 Å². The SMILES string of the molecule is CC(=O)CC(=O)O.CC(=O)CC(=O)O.CCCCCCCCCCCCCCCC(=O)O.OCC(O)CO. The van der Waals surface area contributed by atoms with E-state index in [1.165, 1.54) is 84.5 Å². The Hall–Kier alpha value is -2.37. The Bertz CT molecular complexity index is 538. The fraction of sp³-hybridized carbons (Fsp3) is 0.815. The van der Waals surface area contributed by atoms with E-state index >= 15 is 0 Å². The van der Waals surface area contributed by atoms with Crippen LogP contribution in [0.2, 0.25) is 0 Å². The van der Waals surface area contributed by atoms with E-state index in [1.807, 2.05) is 0 Å². The molecule has 0 unspecified atom stereocenters. The second kappa shape index (κ2) is 34.6. The Morgan fingerprint density at radius 2 is 0.816 bits per heavy atom. The Balaban J connectivity index is -0.000000237. The summed E-state index contributed by atoms with van der Waals surface area (Å²) in [6.07, 6.45) is 15.6. The van der Waals surface area contributed by atoms with Gasteiger partial charge in [-0.3, -0.25) is 24.0 Å². The van der Waals surface area contributed by atoms with E-state index in [9.17, 15) is 24.0 Å². The van der Waals surface area contributed by atoms with Crippen LogP contribution in [-0.4, -0.2) is 79.4 Å². The average Bonchev–Trinajstić information content (AvgIpc) is 2.80. The minimum absolute atomic E-state index is 0.312. The molecule has 0 aliphatic carbocycles. The zero-order chi connectivity index (χ0) is 30.2. The number of aliphatic hydroxyl groups excluding tert-OH is 3. The van der Waals surface area contributed by atoms with E-state index < -0.39 is 24.0 Å². The second-order valence-corrected chi connectivity index (χ2v) is 8.95. The number of aliphatic carboxylic acids is 3. The van der Waals surface area contributed by atoms with Crippen LogP contribution in [0.4, 0.5) is 0 Å². The van der Waals surface area contributed by atoms with Gasteiger partial charge in [-0.2, -0.15) is 0 Å². The molecule has 0 aromatic rings. The van der Waals surface area contributed by atoms with Gasteiger partial charge in [-0.05, 0) is 20.3 Å². The standard InChI is InChI=1S/C16H32O2.2C4H6O3.C3H8O3/c1-2-3-4-5-6-7-8-9-10-11-12-13-14-15-16(17)18;2*1-3(5)2-4(6)7;4-1-3(6)2-5/h2-15H2,1H3,(H,17,18);2*2H2,1H3,(H,6,7);3-6H,1-2H2. The first kappa shape index (κ1) is 42.7. The van der Waals surface area contributed by atoms with E-state index in [1.54, 1.807) is 0 Å². The quantitative estimate of drug-likeness (QED) is 0.0940. The molecule has 11 nitrogen and oxygen atoms in total. The summed E-state index contributed by atoms with van der Waals surface area (Å²) in [5, 5.41) is 48.2. The van der Waals surface area contributed by atoms with Crippen LogP contribution in [0.25, 0.3) is 0 Å². The number of carboxylic acid groups (broad SMARTS) is 3. The molecule has 0 atom stereocenters. The number of Topliss-reactive ketones (excluding diaryl/α,β-unsaturated/α-hetero) is 2. The lowest BCUT2D eigenvalue weighted by molar-refractivity contribution is -0.141. The highest BCUT2D eigenvalue weighted by Crippen LogP contribution is 2.12. The van der Waals surface area contributed by atoms with Gasteiger partial charge in [0.25, 0.3) is 0 Å². The highest BCUT2D eigenvalue weighted by molar-refractivity contribution is 5.93. The summed E-state index contributed by atoms with van der Waals surface area (Å²) in [7, 11) is 0. The van der Waals surface area contributed by atoms with Crippen molar-refractivity contribution >= 4 is 29.5 Å². The number of carbonyl (C=O) groups is 5. The smallest absolute Gasteiger partial charge is 0.310 e. The maximum absolute atomic E-state index is 10.3. The molecule has 0 bridgehead atoms. The summed E-state index contributed by atoms with van der Waals surface area (Å²) in [5.74, 6) is -3.40. The van der Waals surface area contributed by atoms with Crippen molar-refractivity contribution in [3.8, 4) is 0 Å². The van der Waals surface area contributed by atoms with Gasteiger partial charge in [0, 0.05) is 6.42 Å². The van der Waals surface area contributed by atoms with Gasteiger partial charge in [-0.1, -0.05) is 84.0 Å². The van der Waals surface area contributed by atoms with E-state index in [0.29, 0.717) is 6.42 Å². The third kappa shape index (κ3) is 59.0. The third-order valence-corrected chi connectivity index (χ3v) is 4.72. The van der Waals surface area contributed by atoms with E-state index in [4.69, 9.17) is 30.6 Å². The second-order valence-electron chi connectivity index (χ2n) is 8.95. The predicted octanol–water partition coefficient (Wildman–Crippen LogP) is 3.98. The first-order valence-electron chi connectivity index (χ1n) is 13.4. The minimum atomic E-state index is -1.06. The molecule has 0 saturated carbocycles. The van der Waals surface area contributed by atoms with E-state index in [2.05, 4.69) is 6.92 Å².